The Hall–Kier alpha value is -1.53. The van der Waals surface area contributed by atoms with E-state index in [4.69, 9.17) is 22.9 Å². The predicted octanol–water partition coefficient (Wildman–Crippen LogP) is 2.32. The number of pyridine rings is 1. The number of thiazole rings is 1. The molecule has 0 amide bonds. The van der Waals surface area contributed by atoms with Gasteiger partial charge < -0.3 is 11.1 Å². The molecule has 0 aromatic carbocycles. The first-order chi connectivity index (χ1) is 9.74. The number of rotatable bonds is 5. The molecule has 0 saturated heterocycles. The number of anilines is 1. The average Bonchev–Trinajstić information content (AvgIpc) is 3.07. The van der Waals surface area contributed by atoms with Gasteiger partial charge in [-0.1, -0.05) is 12.2 Å². The summed E-state index contributed by atoms with van der Waals surface area (Å²) < 4.78 is 0. The molecule has 0 aliphatic heterocycles. The Balaban J connectivity index is 1.75. The first-order valence-electron chi connectivity index (χ1n) is 6.69. The highest BCUT2D eigenvalue weighted by Gasteiger charge is 2.17. The molecule has 0 radical (unpaired) electrons. The number of thiocarbonyl (C=S) groups is 1. The normalized spacial score (nSPS) is 13.2. The summed E-state index contributed by atoms with van der Waals surface area (Å²) in [6, 6.07) is 2.10. The third kappa shape index (κ3) is 2.81. The molecule has 0 saturated carbocycles. The lowest BCUT2D eigenvalue weighted by atomic mass is 10.1. The SMILES string of the molecule is NC(=S)c1cc2c(nc1NCCc1nccs1)CCC2. The van der Waals surface area contributed by atoms with Crippen LogP contribution in [0.1, 0.15) is 28.2 Å². The summed E-state index contributed by atoms with van der Waals surface area (Å²) in [5.41, 5.74) is 9.15. The van der Waals surface area contributed by atoms with Crippen LogP contribution in [0.15, 0.2) is 17.6 Å². The Morgan fingerprint density at radius 2 is 2.35 bits per heavy atom. The minimum Gasteiger partial charge on any atom is -0.389 e. The van der Waals surface area contributed by atoms with Crippen LogP contribution in [0, 0.1) is 0 Å². The van der Waals surface area contributed by atoms with Crippen molar-refractivity contribution < 1.29 is 0 Å². The van der Waals surface area contributed by atoms with Gasteiger partial charge in [0.2, 0.25) is 0 Å². The van der Waals surface area contributed by atoms with Crippen LogP contribution in [-0.2, 0) is 19.3 Å². The summed E-state index contributed by atoms with van der Waals surface area (Å²) in [7, 11) is 0. The van der Waals surface area contributed by atoms with E-state index < -0.39 is 0 Å². The van der Waals surface area contributed by atoms with Gasteiger partial charge in [-0.25, -0.2) is 9.97 Å². The van der Waals surface area contributed by atoms with E-state index in [9.17, 15) is 0 Å². The first-order valence-corrected chi connectivity index (χ1v) is 7.97. The molecule has 1 aliphatic carbocycles. The third-order valence-corrected chi connectivity index (χ3v) is 4.49. The van der Waals surface area contributed by atoms with Crippen LogP contribution in [0.25, 0.3) is 0 Å². The Kier molecular flexibility index (Phi) is 3.93. The topological polar surface area (TPSA) is 63.8 Å². The second-order valence-corrected chi connectivity index (χ2v) is 6.23. The number of fused-ring (bicyclic) bond motifs is 1. The summed E-state index contributed by atoms with van der Waals surface area (Å²) in [5, 5.41) is 6.46. The molecule has 2 heterocycles. The van der Waals surface area contributed by atoms with Crippen molar-refractivity contribution in [1.82, 2.24) is 9.97 Å². The third-order valence-electron chi connectivity index (χ3n) is 3.43. The fraction of sp³-hybridized carbons (Fsp3) is 0.357. The van der Waals surface area contributed by atoms with Crippen molar-refractivity contribution in [2.45, 2.75) is 25.7 Å². The molecule has 1 aliphatic rings. The zero-order valence-electron chi connectivity index (χ0n) is 11.1. The monoisotopic (exact) mass is 304 g/mol. The Bertz CT molecular complexity index is 622. The number of nitrogens with one attached hydrogen (secondary N) is 1. The van der Waals surface area contributed by atoms with Gasteiger partial charge in [-0.05, 0) is 30.9 Å². The Labute approximate surface area is 127 Å². The Morgan fingerprint density at radius 3 is 3.10 bits per heavy atom. The van der Waals surface area contributed by atoms with Gasteiger partial charge in [0, 0.05) is 30.2 Å². The molecule has 4 nitrogen and oxygen atoms in total. The van der Waals surface area contributed by atoms with Crippen LogP contribution in [-0.4, -0.2) is 21.5 Å². The quantitative estimate of drug-likeness (QED) is 0.830. The summed E-state index contributed by atoms with van der Waals surface area (Å²) in [6.07, 6.45) is 6.01. The molecule has 3 rings (SSSR count). The van der Waals surface area contributed by atoms with Gasteiger partial charge in [0.1, 0.15) is 10.8 Å². The van der Waals surface area contributed by atoms with Crippen LogP contribution in [0.3, 0.4) is 0 Å². The van der Waals surface area contributed by atoms with Gasteiger partial charge in [-0.2, -0.15) is 0 Å². The number of nitrogens with zero attached hydrogens (tertiary/aromatic N) is 2. The zero-order valence-corrected chi connectivity index (χ0v) is 12.7. The fourth-order valence-electron chi connectivity index (χ4n) is 2.46. The van der Waals surface area contributed by atoms with E-state index in [-0.39, 0.29) is 0 Å². The molecule has 3 N–H and O–H groups in total. The van der Waals surface area contributed by atoms with E-state index in [1.54, 1.807) is 11.3 Å². The lowest BCUT2D eigenvalue weighted by Gasteiger charge is -2.12. The van der Waals surface area contributed by atoms with Crippen LogP contribution in [0.4, 0.5) is 5.82 Å². The van der Waals surface area contributed by atoms with E-state index in [1.807, 2.05) is 11.6 Å². The van der Waals surface area contributed by atoms with Gasteiger partial charge >= 0.3 is 0 Å². The highest BCUT2D eigenvalue weighted by Crippen LogP contribution is 2.25. The van der Waals surface area contributed by atoms with E-state index >= 15 is 0 Å². The van der Waals surface area contributed by atoms with Crippen molar-refractivity contribution in [3.05, 3.63) is 39.5 Å². The second kappa shape index (κ2) is 5.85. The van der Waals surface area contributed by atoms with Gasteiger partial charge in [0.05, 0.1) is 10.6 Å². The van der Waals surface area contributed by atoms with E-state index in [1.165, 1.54) is 17.7 Å². The molecular weight excluding hydrogens is 288 g/mol. The summed E-state index contributed by atoms with van der Waals surface area (Å²) >= 11 is 6.81. The van der Waals surface area contributed by atoms with Crippen molar-refractivity contribution in [3.63, 3.8) is 0 Å². The smallest absolute Gasteiger partial charge is 0.136 e. The first kappa shape index (κ1) is 13.5. The molecule has 6 heteroatoms. The zero-order chi connectivity index (χ0) is 13.9. The predicted molar refractivity (Wildman–Crippen MR) is 86.5 cm³/mol. The minimum absolute atomic E-state index is 0.406. The van der Waals surface area contributed by atoms with E-state index in [2.05, 4.69) is 16.4 Å². The van der Waals surface area contributed by atoms with Crippen LogP contribution >= 0.6 is 23.6 Å². The molecule has 0 bridgehead atoms. The average molecular weight is 304 g/mol. The summed E-state index contributed by atoms with van der Waals surface area (Å²) in [5.74, 6) is 0.815. The van der Waals surface area contributed by atoms with E-state index in [0.29, 0.717) is 4.99 Å². The maximum Gasteiger partial charge on any atom is 0.136 e. The largest absolute Gasteiger partial charge is 0.389 e. The van der Waals surface area contributed by atoms with Crippen molar-refractivity contribution in [2.75, 3.05) is 11.9 Å². The maximum atomic E-state index is 5.82. The molecule has 0 spiro atoms. The molecule has 2 aromatic rings. The number of aromatic nitrogens is 2. The molecule has 20 heavy (non-hydrogen) atoms. The van der Waals surface area contributed by atoms with Gasteiger partial charge in [0.25, 0.3) is 0 Å². The summed E-state index contributed by atoms with van der Waals surface area (Å²) in [4.78, 5) is 9.37. The molecular formula is C14H16N4S2. The molecule has 104 valence electrons. The molecule has 0 fully saturated rings. The fourth-order valence-corrected chi connectivity index (χ4v) is 3.23. The molecule has 2 aromatic heterocycles. The number of nitrogens with two attached hydrogens (primary N) is 1. The van der Waals surface area contributed by atoms with Gasteiger partial charge in [0.15, 0.2) is 0 Å². The summed E-state index contributed by atoms with van der Waals surface area (Å²) in [6.45, 7) is 0.787. The number of hydrogen-bond acceptors (Lipinski definition) is 5. The van der Waals surface area contributed by atoms with Crippen molar-refractivity contribution in [2.24, 2.45) is 5.73 Å². The van der Waals surface area contributed by atoms with Crippen molar-refractivity contribution in [1.29, 1.82) is 0 Å². The molecule has 0 unspecified atom stereocenters. The standard InChI is InChI=1S/C14H16N4S2/c15-13(19)10-8-9-2-1-3-11(9)18-14(10)17-5-4-12-16-6-7-20-12/h6-8H,1-5H2,(H2,15,19)(H,17,18). The van der Waals surface area contributed by atoms with Crippen molar-refractivity contribution in [3.8, 4) is 0 Å². The number of aryl methyl sites for hydroxylation is 2. The van der Waals surface area contributed by atoms with Crippen LogP contribution < -0.4 is 11.1 Å². The van der Waals surface area contributed by atoms with Gasteiger partial charge in [-0.15, -0.1) is 11.3 Å². The highest BCUT2D eigenvalue weighted by atomic mass is 32.1. The van der Waals surface area contributed by atoms with E-state index in [0.717, 1.165) is 42.2 Å². The Morgan fingerprint density at radius 1 is 1.45 bits per heavy atom. The lowest BCUT2D eigenvalue weighted by Crippen LogP contribution is -2.17. The maximum absolute atomic E-state index is 5.82. The van der Waals surface area contributed by atoms with Crippen molar-refractivity contribution >= 4 is 34.4 Å². The van der Waals surface area contributed by atoms with Crippen LogP contribution in [0.2, 0.25) is 0 Å². The van der Waals surface area contributed by atoms with Gasteiger partial charge in [-0.3, -0.25) is 0 Å². The van der Waals surface area contributed by atoms with Crippen LogP contribution in [0.5, 0.6) is 0 Å². The molecule has 0 atom stereocenters. The highest BCUT2D eigenvalue weighted by molar-refractivity contribution is 7.80. The lowest BCUT2D eigenvalue weighted by molar-refractivity contribution is 0.898. The second-order valence-electron chi connectivity index (χ2n) is 4.81. The number of hydrogen-bond donors (Lipinski definition) is 2. The minimum atomic E-state index is 0.406.